The van der Waals surface area contributed by atoms with Crippen molar-refractivity contribution < 1.29 is 4.79 Å². The Hall–Kier alpha value is -1.00. The highest BCUT2D eigenvalue weighted by atomic mass is 32.2. The van der Waals surface area contributed by atoms with Crippen molar-refractivity contribution in [1.29, 1.82) is 0 Å². The van der Waals surface area contributed by atoms with Crippen molar-refractivity contribution in [3.05, 3.63) is 35.9 Å². The smallest absolute Gasteiger partial charge is 0.220 e. The van der Waals surface area contributed by atoms with Gasteiger partial charge >= 0.3 is 0 Å². The van der Waals surface area contributed by atoms with Gasteiger partial charge in [0.05, 0.1) is 0 Å². The lowest BCUT2D eigenvalue weighted by Crippen LogP contribution is -2.32. The van der Waals surface area contributed by atoms with E-state index in [-0.39, 0.29) is 5.91 Å². The number of hydrogen-bond donors (Lipinski definition) is 1. The van der Waals surface area contributed by atoms with E-state index in [9.17, 15) is 4.79 Å². The van der Waals surface area contributed by atoms with E-state index in [0.29, 0.717) is 6.42 Å². The number of nitrogens with zero attached hydrogens (tertiary/aromatic N) is 1. The van der Waals surface area contributed by atoms with Gasteiger partial charge in [-0.1, -0.05) is 30.3 Å². The molecule has 22 heavy (non-hydrogen) atoms. The first kappa shape index (κ1) is 17.4. The zero-order valence-electron chi connectivity index (χ0n) is 13.6. The van der Waals surface area contributed by atoms with Crippen LogP contribution in [0.2, 0.25) is 0 Å². The number of likely N-dealkylation sites (tertiary alicyclic amines) is 1. The predicted octanol–water partition coefficient (Wildman–Crippen LogP) is 3.16. The Morgan fingerprint density at radius 3 is 2.73 bits per heavy atom. The molecule has 0 atom stereocenters. The Morgan fingerprint density at radius 2 is 2.00 bits per heavy atom. The standard InChI is InChI=1S/C18H28N2OS/c1-20-12-8-16(9-13-20)7-11-19-18(21)10-14-22-15-17-5-3-2-4-6-17/h2-6,16H,7-15H2,1H3,(H,19,21). The summed E-state index contributed by atoms with van der Waals surface area (Å²) in [6, 6.07) is 10.4. The van der Waals surface area contributed by atoms with Gasteiger partial charge in [0.2, 0.25) is 5.91 Å². The van der Waals surface area contributed by atoms with Crippen molar-refractivity contribution in [3.63, 3.8) is 0 Å². The quantitative estimate of drug-likeness (QED) is 0.747. The fourth-order valence-corrected chi connectivity index (χ4v) is 3.69. The summed E-state index contributed by atoms with van der Waals surface area (Å²) in [6.07, 6.45) is 4.32. The summed E-state index contributed by atoms with van der Waals surface area (Å²) < 4.78 is 0. The molecule has 1 heterocycles. The third-order valence-electron chi connectivity index (χ3n) is 4.30. The molecule has 0 unspecified atom stereocenters. The van der Waals surface area contributed by atoms with Gasteiger partial charge in [0, 0.05) is 24.5 Å². The second kappa shape index (κ2) is 9.90. The second-order valence-corrected chi connectivity index (χ2v) is 7.28. The van der Waals surface area contributed by atoms with Crippen LogP contribution in [-0.2, 0) is 10.5 Å². The van der Waals surface area contributed by atoms with Crippen LogP contribution in [-0.4, -0.2) is 43.2 Å². The van der Waals surface area contributed by atoms with Gasteiger partial charge in [0.15, 0.2) is 0 Å². The van der Waals surface area contributed by atoms with Gasteiger partial charge < -0.3 is 10.2 Å². The lowest BCUT2D eigenvalue weighted by molar-refractivity contribution is -0.120. The summed E-state index contributed by atoms with van der Waals surface area (Å²) in [5, 5.41) is 3.07. The molecule has 0 saturated carbocycles. The third-order valence-corrected chi connectivity index (χ3v) is 5.33. The van der Waals surface area contributed by atoms with E-state index in [1.54, 1.807) is 0 Å². The SMILES string of the molecule is CN1CCC(CCNC(=O)CCSCc2ccccc2)CC1. The number of benzene rings is 1. The van der Waals surface area contributed by atoms with E-state index in [0.717, 1.165) is 30.4 Å². The number of hydrogen-bond acceptors (Lipinski definition) is 3. The van der Waals surface area contributed by atoms with E-state index >= 15 is 0 Å². The van der Waals surface area contributed by atoms with Gasteiger partial charge in [-0.3, -0.25) is 4.79 Å². The van der Waals surface area contributed by atoms with Gasteiger partial charge in [0.1, 0.15) is 0 Å². The molecular weight excluding hydrogens is 292 g/mol. The second-order valence-electron chi connectivity index (χ2n) is 6.17. The fraction of sp³-hybridized carbons (Fsp3) is 0.611. The molecule has 4 heteroatoms. The highest BCUT2D eigenvalue weighted by Crippen LogP contribution is 2.18. The Balaban J connectivity index is 1.47. The molecule has 0 spiro atoms. The van der Waals surface area contributed by atoms with Crippen LogP contribution in [0.25, 0.3) is 0 Å². The molecule has 0 bridgehead atoms. The van der Waals surface area contributed by atoms with Gasteiger partial charge in [-0.05, 0) is 50.9 Å². The average molecular weight is 321 g/mol. The van der Waals surface area contributed by atoms with Crippen molar-refractivity contribution in [3.8, 4) is 0 Å². The molecule has 122 valence electrons. The summed E-state index contributed by atoms with van der Waals surface area (Å²) in [6.45, 7) is 3.25. The molecule has 0 radical (unpaired) electrons. The summed E-state index contributed by atoms with van der Waals surface area (Å²) in [7, 11) is 2.19. The molecule has 1 aromatic rings. The minimum Gasteiger partial charge on any atom is -0.356 e. The minimum atomic E-state index is 0.202. The van der Waals surface area contributed by atoms with Crippen molar-refractivity contribution in [2.24, 2.45) is 5.92 Å². The summed E-state index contributed by atoms with van der Waals surface area (Å²) >= 11 is 1.83. The van der Waals surface area contributed by atoms with Crippen molar-refractivity contribution in [1.82, 2.24) is 10.2 Å². The van der Waals surface area contributed by atoms with E-state index in [1.807, 2.05) is 17.8 Å². The maximum Gasteiger partial charge on any atom is 0.220 e. The van der Waals surface area contributed by atoms with Crippen LogP contribution in [0.3, 0.4) is 0 Å². The van der Waals surface area contributed by atoms with Crippen LogP contribution in [0, 0.1) is 5.92 Å². The molecule has 1 N–H and O–H groups in total. The minimum absolute atomic E-state index is 0.202. The highest BCUT2D eigenvalue weighted by molar-refractivity contribution is 7.98. The van der Waals surface area contributed by atoms with Crippen LogP contribution in [0.4, 0.5) is 0 Å². The molecule has 0 aromatic heterocycles. The van der Waals surface area contributed by atoms with Crippen LogP contribution in [0.1, 0.15) is 31.2 Å². The van der Waals surface area contributed by atoms with Gasteiger partial charge in [0.25, 0.3) is 0 Å². The molecular formula is C18H28N2OS. The van der Waals surface area contributed by atoms with Gasteiger partial charge in [-0.25, -0.2) is 0 Å². The van der Waals surface area contributed by atoms with E-state index in [4.69, 9.17) is 0 Å². The number of thioether (sulfide) groups is 1. The topological polar surface area (TPSA) is 32.3 Å². The Labute approximate surface area is 138 Å². The number of carbonyl (C=O) groups excluding carboxylic acids is 1. The molecule has 3 nitrogen and oxygen atoms in total. The van der Waals surface area contributed by atoms with Gasteiger partial charge in [-0.2, -0.15) is 11.8 Å². The first-order valence-corrected chi connectivity index (χ1v) is 9.46. The Morgan fingerprint density at radius 1 is 1.27 bits per heavy atom. The van der Waals surface area contributed by atoms with E-state index in [1.165, 1.54) is 31.5 Å². The number of amides is 1. The average Bonchev–Trinajstić information content (AvgIpc) is 2.54. The molecule has 1 amide bonds. The molecule has 1 aromatic carbocycles. The summed E-state index contributed by atoms with van der Waals surface area (Å²) in [5.41, 5.74) is 1.33. The van der Waals surface area contributed by atoms with Crippen LogP contribution in [0.15, 0.2) is 30.3 Å². The Kier molecular flexibility index (Phi) is 7.81. The molecule has 1 fully saturated rings. The lowest BCUT2D eigenvalue weighted by Gasteiger charge is -2.28. The van der Waals surface area contributed by atoms with Crippen molar-refractivity contribution in [2.75, 3.05) is 32.4 Å². The van der Waals surface area contributed by atoms with E-state index < -0.39 is 0 Å². The molecule has 2 rings (SSSR count). The van der Waals surface area contributed by atoms with E-state index in [2.05, 4.69) is 41.5 Å². The highest BCUT2D eigenvalue weighted by Gasteiger charge is 2.16. The largest absolute Gasteiger partial charge is 0.356 e. The maximum absolute atomic E-state index is 11.8. The monoisotopic (exact) mass is 320 g/mol. The fourth-order valence-electron chi connectivity index (χ4n) is 2.78. The van der Waals surface area contributed by atoms with Crippen LogP contribution < -0.4 is 5.32 Å². The third kappa shape index (κ3) is 6.84. The number of piperidine rings is 1. The number of carbonyl (C=O) groups is 1. The molecule has 1 aliphatic rings. The zero-order chi connectivity index (χ0) is 15.6. The lowest BCUT2D eigenvalue weighted by atomic mass is 9.94. The number of rotatable bonds is 8. The maximum atomic E-state index is 11.8. The van der Waals surface area contributed by atoms with Gasteiger partial charge in [-0.15, -0.1) is 0 Å². The summed E-state index contributed by atoms with van der Waals surface area (Å²) in [4.78, 5) is 14.2. The number of nitrogens with one attached hydrogen (secondary N) is 1. The zero-order valence-corrected chi connectivity index (χ0v) is 14.4. The molecule has 0 aliphatic carbocycles. The van der Waals surface area contributed by atoms with Crippen LogP contribution >= 0.6 is 11.8 Å². The van der Waals surface area contributed by atoms with Crippen molar-refractivity contribution >= 4 is 17.7 Å². The molecule has 1 aliphatic heterocycles. The predicted molar refractivity (Wildman–Crippen MR) is 95.1 cm³/mol. The molecule has 1 saturated heterocycles. The van der Waals surface area contributed by atoms with Crippen molar-refractivity contribution in [2.45, 2.75) is 31.4 Å². The Bertz CT molecular complexity index is 430. The van der Waals surface area contributed by atoms with Crippen LogP contribution in [0.5, 0.6) is 0 Å². The normalized spacial score (nSPS) is 16.6. The first-order valence-electron chi connectivity index (χ1n) is 8.31. The first-order chi connectivity index (χ1) is 10.7. The summed E-state index contributed by atoms with van der Waals surface area (Å²) in [5.74, 6) is 2.89.